The number of sulfonamides is 1. The van der Waals surface area contributed by atoms with Gasteiger partial charge in [0.2, 0.25) is 10.0 Å². The molecule has 10 heteroatoms. The molecule has 0 unspecified atom stereocenters. The van der Waals surface area contributed by atoms with Crippen molar-refractivity contribution < 1.29 is 18.1 Å². The zero-order valence-electron chi connectivity index (χ0n) is 11.8. The highest BCUT2D eigenvalue weighted by Gasteiger charge is 2.27. The Hall–Kier alpha value is -1.42. The summed E-state index contributed by atoms with van der Waals surface area (Å²) in [4.78, 5) is 9.77. The predicted molar refractivity (Wildman–Crippen MR) is 80.4 cm³/mol. The minimum Gasteiger partial charge on any atom is -0.497 e. The minimum absolute atomic E-state index is 0. The smallest absolute Gasteiger partial charge is 0.293 e. The van der Waals surface area contributed by atoms with Crippen LogP contribution < -0.4 is 15.2 Å². The number of methoxy groups -OCH3 is 1. The van der Waals surface area contributed by atoms with E-state index < -0.39 is 31.1 Å². The maximum atomic E-state index is 12.1. The Morgan fingerprint density at radius 3 is 2.43 bits per heavy atom. The van der Waals surface area contributed by atoms with Crippen LogP contribution in [-0.4, -0.2) is 32.5 Å². The van der Waals surface area contributed by atoms with Crippen LogP contribution in [-0.2, 0) is 10.0 Å². The molecular weight excluding hydrogens is 322 g/mol. The average molecular weight is 340 g/mol. The second kappa shape index (κ2) is 7.03. The Morgan fingerprint density at radius 1 is 1.43 bits per heavy atom. The number of nitrogens with one attached hydrogen (secondary N) is 1. The molecule has 1 rings (SSSR count). The van der Waals surface area contributed by atoms with Gasteiger partial charge in [0.25, 0.3) is 5.69 Å². The SMILES string of the molecule is COc1ccc(S(=O)(=O)NCC(C)(C)N)c([N+](=O)[O-])c1.Cl. The van der Waals surface area contributed by atoms with Crippen molar-refractivity contribution in [3.63, 3.8) is 0 Å². The molecule has 0 atom stereocenters. The number of hydrogen-bond acceptors (Lipinski definition) is 6. The first-order valence-corrected chi connectivity index (χ1v) is 7.16. The van der Waals surface area contributed by atoms with Crippen LogP contribution in [0.5, 0.6) is 5.75 Å². The second-order valence-electron chi connectivity index (χ2n) is 4.90. The molecule has 0 saturated heterocycles. The molecule has 0 amide bonds. The highest BCUT2D eigenvalue weighted by molar-refractivity contribution is 7.89. The van der Waals surface area contributed by atoms with Crippen molar-refractivity contribution in [2.24, 2.45) is 5.73 Å². The number of nitro benzene ring substituents is 1. The first-order chi connectivity index (χ1) is 9.07. The summed E-state index contributed by atoms with van der Waals surface area (Å²) >= 11 is 0. The first kappa shape index (κ1) is 19.6. The number of benzene rings is 1. The van der Waals surface area contributed by atoms with Crippen molar-refractivity contribution in [3.05, 3.63) is 28.3 Å². The summed E-state index contributed by atoms with van der Waals surface area (Å²) < 4.78 is 31.3. The van der Waals surface area contributed by atoms with Crippen LogP contribution in [0.2, 0.25) is 0 Å². The third kappa shape index (κ3) is 5.46. The van der Waals surface area contributed by atoms with Crippen LogP contribution in [0.25, 0.3) is 0 Å². The van der Waals surface area contributed by atoms with Crippen LogP contribution in [0.1, 0.15) is 13.8 Å². The molecule has 0 aromatic heterocycles. The highest BCUT2D eigenvalue weighted by Crippen LogP contribution is 2.28. The van der Waals surface area contributed by atoms with E-state index in [1.54, 1.807) is 13.8 Å². The number of ether oxygens (including phenoxy) is 1. The zero-order chi connectivity index (χ0) is 15.6. The van der Waals surface area contributed by atoms with Gasteiger partial charge in [0.15, 0.2) is 4.90 Å². The fourth-order valence-corrected chi connectivity index (χ4v) is 2.73. The summed E-state index contributed by atoms with van der Waals surface area (Å²) in [5.74, 6) is 0.204. The number of rotatable bonds is 6. The van der Waals surface area contributed by atoms with Crippen molar-refractivity contribution in [1.29, 1.82) is 0 Å². The third-order valence-corrected chi connectivity index (χ3v) is 3.82. The maximum Gasteiger partial charge on any atom is 0.293 e. The first-order valence-electron chi connectivity index (χ1n) is 5.68. The van der Waals surface area contributed by atoms with Gasteiger partial charge in [0.05, 0.1) is 18.1 Å². The monoisotopic (exact) mass is 339 g/mol. The van der Waals surface area contributed by atoms with E-state index >= 15 is 0 Å². The lowest BCUT2D eigenvalue weighted by Gasteiger charge is -2.18. The Labute approximate surface area is 129 Å². The fourth-order valence-electron chi connectivity index (χ4n) is 1.35. The molecule has 21 heavy (non-hydrogen) atoms. The van der Waals surface area contributed by atoms with Gasteiger partial charge >= 0.3 is 0 Å². The van der Waals surface area contributed by atoms with Gasteiger partial charge in [-0.1, -0.05) is 0 Å². The summed E-state index contributed by atoms with van der Waals surface area (Å²) in [5, 5.41) is 11.0. The van der Waals surface area contributed by atoms with Gasteiger partial charge in [-0.2, -0.15) is 0 Å². The molecule has 8 nitrogen and oxygen atoms in total. The maximum absolute atomic E-state index is 12.1. The normalized spacial score (nSPS) is 11.6. The summed E-state index contributed by atoms with van der Waals surface area (Å²) in [6, 6.07) is 3.53. The van der Waals surface area contributed by atoms with Crippen molar-refractivity contribution >= 4 is 28.1 Å². The van der Waals surface area contributed by atoms with Crippen molar-refractivity contribution in [1.82, 2.24) is 4.72 Å². The molecule has 0 saturated carbocycles. The van der Waals surface area contributed by atoms with Crippen LogP contribution in [0.4, 0.5) is 5.69 Å². The van der Waals surface area contributed by atoms with Crippen LogP contribution in [0.3, 0.4) is 0 Å². The Balaban J connectivity index is 0.00000400. The zero-order valence-corrected chi connectivity index (χ0v) is 13.5. The molecule has 0 fully saturated rings. The molecule has 1 aromatic carbocycles. The van der Waals surface area contributed by atoms with Gasteiger partial charge < -0.3 is 10.5 Å². The largest absolute Gasteiger partial charge is 0.497 e. The molecule has 120 valence electrons. The number of nitro groups is 1. The Morgan fingerprint density at radius 2 is 2.00 bits per heavy atom. The second-order valence-corrected chi connectivity index (χ2v) is 6.64. The van der Waals surface area contributed by atoms with E-state index in [-0.39, 0.29) is 24.7 Å². The summed E-state index contributed by atoms with van der Waals surface area (Å²) in [7, 11) is -2.69. The fraction of sp³-hybridized carbons (Fsp3) is 0.455. The molecular formula is C11H18ClN3O5S. The van der Waals surface area contributed by atoms with Gasteiger partial charge in [-0.05, 0) is 26.0 Å². The van der Waals surface area contributed by atoms with Crippen LogP contribution >= 0.6 is 12.4 Å². The average Bonchev–Trinajstić information content (AvgIpc) is 2.35. The van der Waals surface area contributed by atoms with Crippen molar-refractivity contribution in [2.45, 2.75) is 24.3 Å². The van der Waals surface area contributed by atoms with Crippen LogP contribution in [0.15, 0.2) is 23.1 Å². The minimum atomic E-state index is -4.02. The van der Waals surface area contributed by atoms with E-state index in [0.29, 0.717) is 0 Å². The third-order valence-electron chi connectivity index (χ3n) is 2.37. The quantitative estimate of drug-likeness (QED) is 0.589. The van der Waals surface area contributed by atoms with E-state index in [2.05, 4.69) is 4.72 Å². The lowest BCUT2D eigenvalue weighted by atomic mass is 10.1. The molecule has 0 aliphatic heterocycles. The summed E-state index contributed by atoms with van der Waals surface area (Å²) in [6.07, 6.45) is 0. The van der Waals surface area contributed by atoms with E-state index in [1.165, 1.54) is 13.2 Å². The molecule has 0 heterocycles. The topological polar surface area (TPSA) is 125 Å². The van der Waals surface area contributed by atoms with Gasteiger partial charge in [-0.3, -0.25) is 10.1 Å². The number of nitrogens with zero attached hydrogens (tertiary/aromatic N) is 1. The number of nitrogens with two attached hydrogens (primary N) is 1. The van der Waals surface area contributed by atoms with E-state index in [1.807, 2.05) is 0 Å². The van der Waals surface area contributed by atoms with Crippen molar-refractivity contribution in [2.75, 3.05) is 13.7 Å². The summed E-state index contributed by atoms with van der Waals surface area (Å²) in [6.45, 7) is 3.23. The number of hydrogen-bond donors (Lipinski definition) is 2. The molecule has 0 spiro atoms. The van der Waals surface area contributed by atoms with Gasteiger partial charge in [-0.25, -0.2) is 13.1 Å². The van der Waals surface area contributed by atoms with E-state index in [4.69, 9.17) is 10.5 Å². The van der Waals surface area contributed by atoms with Crippen molar-refractivity contribution in [3.8, 4) is 5.75 Å². The molecule has 3 N–H and O–H groups in total. The Kier molecular flexibility index (Phi) is 6.55. The number of halogens is 1. The molecule has 0 bridgehead atoms. The van der Waals surface area contributed by atoms with Gasteiger partial charge in [0, 0.05) is 12.1 Å². The lowest BCUT2D eigenvalue weighted by Crippen LogP contribution is -2.45. The molecule has 1 aromatic rings. The predicted octanol–water partition coefficient (Wildman–Crippen LogP) is 1.04. The lowest BCUT2D eigenvalue weighted by molar-refractivity contribution is -0.387. The molecule has 0 aliphatic rings. The Bertz CT molecular complexity index is 613. The van der Waals surface area contributed by atoms with Gasteiger partial charge in [0.1, 0.15) is 5.75 Å². The highest BCUT2D eigenvalue weighted by atomic mass is 35.5. The van der Waals surface area contributed by atoms with E-state index in [9.17, 15) is 18.5 Å². The van der Waals surface area contributed by atoms with E-state index in [0.717, 1.165) is 12.1 Å². The standard InChI is InChI=1S/C11H17N3O5S.ClH/c1-11(2,12)7-13-20(17,18)10-5-4-8(19-3)6-9(10)14(15)16;/h4-6,13H,7,12H2,1-3H3;1H. The molecule has 0 radical (unpaired) electrons. The summed E-state index contributed by atoms with van der Waals surface area (Å²) in [5.41, 5.74) is 4.36. The van der Waals surface area contributed by atoms with Crippen LogP contribution in [0, 0.1) is 10.1 Å². The van der Waals surface area contributed by atoms with Gasteiger partial charge in [-0.15, -0.1) is 12.4 Å². The molecule has 0 aliphatic carbocycles.